The van der Waals surface area contributed by atoms with Crippen molar-refractivity contribution in [2.24, 2.45) is 0 Å². The molecule has 3 nitrogen and oxygen atoms in total. The van der Waals surface area contributed by atoms with Crippen molar-refractivity contribution in [1.82, 2.24) is 4.90 Å². The third kappa shape index (κ3) is 3.99. The molecule has 1 saturated heterocycles. The van der Waals surface area contributed by atoms with Gasteiger partial charge in [-0.25, -0.2) is 0 Å². The Morgan fingerprint density at radius 1 is 1.37 bits per heavy atom. The van der Waals surface area contributed by atoms with Crippen molar-refractivity contribution in [2.75, 3.05) is 32.1 Å². The number of aryl methyl sites for hydroxylation is 1. The van der Waals surface area contributed by atoms with Crippen LogP contribution in [0.5, 0.6) is 0 Å². The summed E-state index contributed by atoms with van der Waals surface area (Å²) < 4.78 is 0. The molecule has 2 rings (SSSR count). The van der Waals surface area contributed by atoms with E-state index >= 15 is 0 Å². The van der Waals surface area contributed by atoms with Crippen LogP contribution < -0.4 is 17.3 Å². The summed E-state index contributed by atoms with van der Waals surface area (Å²) in [6.45, 7) is 5.42. The first-order valence-corrected chi connectivity index (χ1v) is 6.98. The molecule has 106 valence electrons. The van der Waals surface area contributed by atoms with E-state index in [1.54, 1.807) is 0 Å². The Bertz CT molecular complexity index is 446. The molecule has 0 bridgehead atoms. The van der Waals surface area contributed by atoms with Gasteiger partial charge in [0.15, 0.2) is 0 Å². The first-order chi connectivity index (χ1) is 8.61. The number of quaternary nitrogens is 1. The number of benzene rings is 1. The minimum atomic E-state index is 0. The third-order valence-corrected chi connectivity index (χ3v) is 3.88. The van der Waals surface area contributed by atoms with Gasteiger partial charge >= 0.3 is 0 Å². The summed E-state index contributed by atoms with van der Waals surface area (Å²) >= 11 is 11.6. The van der Waals surface area contributed by atoms with Crippen molar-refractivity contribution in [3.63, 3.8) is 0 Å². The van der Waals surface area contributed by atoms with Crippen LogP contribution in [0.1, 0.15) is 5.56 Å². The molecule has 1 aliphatic heterocycles. The van der Waals surface area contributed by atoms with Gasteiger partial charge in [-0.1, -0.05) is 17.7 Å². The van der Waals surface area contributed by atoms with E-state index in [0.29, 0.717) is 0 Å². The standard InChI is InChI=1S/C13H16Cl2N2O.ClH/c1-10-2-3-11(15)8-12(10)16-4-6-17(7-5-16)13(18)9-14;/h2-3,8H,4-7,9H2,1H3;1H. The molecule has 0 aliphatic carbocycles. The van der Waals surface area contributed by atoms with Gasteiger partial charge in [-0.2, -0.15) is 0 Å². The Kier molecular flexibility index (Phi) is 6.40. The minimum Gasteiger partial charge on any atom is -1.00 e. The molecule has 0 unspecified atom stereocenters. The molecular weight excluding hydrogens is 307 g/mol. The summed E-state index contributed by atoms with van der Waals surface area (Å²) in [6, 6.07) is 5.97. The predicted molar refractivity (Wildman–Crippen MR) is 73.8 cm³/mol. The van der Waals surface area contributed by atoms with E-state index in [1.807, 2.05) is 23.1 Å². The fourth-order valence-electron chi connectivity index (χ4n) is 2.36. The number of amides is 1. The Morgan fingerprint density at radius 3 is 2.58 bits per heavy atom. The van der Waals surface area contributed by atoms with Crippen LogP contribution in [0.3, 0.4) is 0 Å². The molecule has 0 aromatic heterocycles. The van der Waals surface area contributed by atoms with Gasteiger partial charge in [0.25, 0.3) is 0 Å². The summed E-state index contributed by atoms with van der Waals surface area (Å²) in [5.41, 5.74) is 2.48. The molecule has 1 aliphatic rings. The lowest BCUT2D eigenvalue weighted by Crippen LogP contribution is -3.10. The van der Waals surface area contributed by atoms with Crippen molar-refractivity contribution >= 4 is 34.8 Å². The van der Waals surface area contributed by atoms with E-state index in [0.717, 1.165) is 31.2 Å². The van der Waals surface area contributed by atoms with Gasteiger partial charge in [-0.3, -0.25) is 9.69 Å². The first kappa shape index (κ1) is 16.6. The Hall–Kier alpha value is -0.480. The molecule has 1 N–H and O–H groups in total. The zero-order valence-electron chi connectivity index (χ0n) is 10.8. The van der Waals surface area contributed by atoms with E-state index in [9.17, 15) is 4.79 Å². The number of carbonyl (C=O) groups excluding carboxylic acids is 1. The van der Waals surface area contributed by atoms with Gasteiger partial charge in [0.05, 0.1) is 26.2 Å². The Balaban J connectivity index is 0.00000180. The van der Waals surface area contributed by atoms with Crippen molar-refractivity contribution < 1.29 is 22.1 Å². The lowest BCUT2D eigenvalue weighted by molar-refractivity contribution is -0.837. The number of nitrogens with one attached hydrogen (secondary N) is 1. The molecule has 1 aromatic carbocycles. The van der Waals surface area contributed by atoms with Gasteiger partial charge < -0.3 is 17.3 Å². The fraction of sp³-hybridized carbons (Fsp3) is 0.462. The molecule has 1 amide bonds. The van der Waals surface area contributed by atoms with Crippen molar-refractivity contribution in [2.45, 2.75) is 6.92 Å². The number of alkyl halides is 1. The van der Waals surface area contributed by atoms with E-state index in [4.69, 9.17) is 23.2 Å². The molecule has 19 heavy (non-hydrogen) atoms. The van der Waals surface area contributed by atoms with Crippen molar-refractivity contribution in [3.05, 3.63) is 28.8 Å². The molecular formula is C13H17Cl3N2O. The van der Waals surface area contributed by atoms with E-state index in [2.05, 4.69) is 6.92 Å². The maximum atomic E-state index is 11.5. The fourth-order valence-corrected chi connectivity index (χ4v) is 2.70. The summed E-state index contributed by atoms with van der Waals surface area (Å²) in [5, 5.41) is 0.766. The summed E-state index contributed by atoms with van der Waals surface area (Å²) in [6.07, 6.45) is 0. The van der Waals surface area contributed by atoms with Crippen LogP contribution in [-0.4, -0.2) is 42.9 Å². The lowest BCUT2D eigenvalue weighted by atomic mass is 10.1. The molecule has 6 heteroatoms. The topological polar surface area (TPSA) is 24.8 Å². The highest BCUT2D eigenvalue weighted by Crippen LogP contribution is 2.17. The zero-order chi connectivity index (χ0) is 13.1. The number of carbonyl (C=O) groups is 1. The molecule has 1 aromatic rings. The third-order valence-electron chi connectivity index (χ3n) is 3.41. The molecule has 1 fully saturated rings. The quantitative estimate of drug-likeness (QED) is 0.642. The van der Waals surface area contributed by atoms with Crippen LogP contribution >= 0.6 is 23.2 Å². The number of halogens is 3. The van der Waals surface area contributed by atoms with Crippen LogP contribution in [0.25, 0.3) is 0 Å². The van der Waals surface area contributed by atoms with Crippen LogP contribution in [0.15, 0.2) is 18.2 Å². The number of rotatable bonds is 2. The number of hydrogen-bond acceptors (Lipinski definition) is 1. The molecule has 0 radical (unpaired) electrons. The highest BCUT2D eigenvalue weighted by Gasteiger charge is 2.25. The monoisotopic (exact) mass is 322 g/mol. The van der Waals surface area contributed by atoms with Crippen molar-refractivity contribution in [3.8, 4) is 0 Å². The lowest BCUT2D eigenvalue weighted by Gasteiger charge is -2.32. The normalized spacial score (nSPS) is 16.1. The van der Waals surface area contributed by atoms with Crippen LogP contribution in [0.2, 0.25) is 5.02 Å². The van der Waals surface area contributed by atoms with E-state index < -0.39 is 0 Å². The van der Waals surface area contributed by atoms with Crippen LogP contribution in [-0.2, 0) is 4.79 Å². The SMILES string of the molecule is Cc1ccc(Cl)cc1[NH+]1CCN(C(=O)CCl)CC1.[Cl-]. The summed E-state index contributed by atoms with van der Waals surface area (Å²) in [5.74, 6) is 0.101. The second-order valence-corrected chi connectivity index (χ2v) is 5.28. The molecule has 0 atom stereocenters. The Labute approximate surface area is 129 Å². The van der Waals surface area contributed by atoms with Crippen molar-refractivity contribution in [1.29, 1.82) is 0 Å². The van der Waals surface area contributed by atoms with Gasteiger partial charge in [-0.05, 0) is 13.0 Å². The van der Waals surface area contributed by atoms with E-state index in [1.165, 1.54) is 16.2 Å². The number of nitrogens with zero attached hydrogens (tertiary/aromatic N) is 1. The zero-order valence-corrected chi connectivity index (χ0v) is 13.0. The summed E-state index contributed by atoms with van der Waals surface area (Å²) in [4.78, 5) is 14.7. The van der Waals surface area contributed by atoms with Gasteiger partial charge in [0, 0.05) is 16.7 Å². The van der Waals surface area contributed by atoms with Crippen LogP contribution in [0.4, 0.5) is 5.69 Å². The molecule has 0 spiro atoms. The second kappa shape index (κ2) is 7.34. The van der Waals surface area contributed by atoms with Crippen LogP contribution in [0, 0.1) is 6.92 Å². The number of hydrogen-bond donors (Lipinski definition) is 1. The first-order valence-electron chi connectivity index (χ1n) is 6.07. The maximum Gasteiger partial charge on any atom is 0.237 e. The van der Waals surface area contributed by atoms with E-state index in [-0.39, 0.29) is 24.2 Å². The minimum absolute atomic E-state index is 0. The Morgan fingerprint density at radius 2 is 2.00 bits per heavy atom. The average Bonchev–Trinajstić information content (AvgIpc) is 2.41. The highest BCUT2D eigenvalue weighted by atomic mass is 35.5. The smallest absolute Gasteiger partial charge is 0.237 e. The van der Waals surface area contributed by atoms with Gasteiger partial charge in [0.2, 0.25) is 5.91 Å². The maximum absolute atomic E-state index is 11.5. The predicted octanol–water partition coefficient (Wildman–Crippen LogP) is -1.75. The largest absolute Gasteiger partial charge is 1.00 e. The van der Waals surface area contributed by atoms with Gasteiger partial charge in [-0.15, -0.1) is 11.6 Å². The van der Waals surface area contributed by atoms with Gasteiger partial charge in [0.1, 0.15) is 11.6 Å². The molecule has 1 heterocycles. The highest BCUT2D eigenvalue weighted by molar-refractivity contribution is 6.30. The average molecular weight is 324 g/mol. The summed E-state index contributed by atoms with van der Waals surface area (Å²) in [7, 11) is 0. The second-order valence-electron chi connectivity index (χ2n) is 4.58. The number of piperazine rings is 1. The molecule has 0 saturated carbocycles.